The van der Waals surface area contributed by atoms with Crippen molar-refractivity contribution >= 4 is 6.29 Å². The van der Waals surface area contributed by atoms with Gasteiger partial charge in [0.1, 0.15) is 6.29 Å². The predicted octanol–water partition coefficient (Wildman–Crippen LogP) is 4.12. The van der Waals surface area contributed by atoms with Gasteiger partial charge >= 0.3 is 6.18 Å². The highest BCUT2D eigenvalue weighted by atomic mass is 19.4. The molecule has 0 saturated heterocycles. The zero-order valence-corrected chi connectivity index (χ0v) is 13.1. The summed E-state index contributed by atoms with van der Waals surface area (Å²) in [5.41, 5.74) is -0.432. The Morgan fingerprint density at radius 3 is 2.20 bits per heavy atom. The van der Waals surface area contributed by atoms with E-state index >= 15 is 0 Å². The standard InChI is InChI=1S/C18H16F3NO3/c19-18(20,21)17-9-5-4-8-15(17)16(11-22(24)25)14(12-23)10-13-6-2-1-3-7-13/h1-9,12,14,16H,10-11H2/t14-,16-/m1/s1. The highest BCUT2D eigenvalue weighted by molar-refractivity contribution is 5.57. The van der Waals surface area contributed by atoms with Crippen LogP contribution in [-0.2, 0) is 17.4 Å². The highest BCUT2D eigenvalue weighted by Crippen LogP contribution is 2.38. The van der Waals surface area contributed by atoms with Gasteiger partial charge < -0.3 is 4.79 Å². The van der Waals surface area contributed by atoms with Gasteiger partial charge in [-0.15, -0.1) is 0 Å². The maximum atomic E-state index is 13.3. The number of nitro groups is 1. The van der Waals surface area contributed by atoms with Crippen molar-refractivity contribution in [2.75, 3.05) is 6.54 Å². The van der Waals surface area contributed by atoms with Crippen molar-refractivity contribution < 1.29 is 22.9 Å². The SMILES string of the molecule is O=C[C@@H](Cc1ccccc1)[C@@H](C[N+](=O)[O-])c1ccccc1C(F)(F)F. The second-order valence-corrected chi connectivity index (χ2v) is 5.70. The summed E-state index contributed by atoms with van der Waals surface area (Å²) in [5, 5.41) is 11.0. The Morgan fingerprint density at radius 1 is 1.04 bits per heavy atom. The van der Waals surface area contributed by atoms with Gasteiger partial charge in [-0.3, -0.25) is 10.1 Å². The summed E-state index contributed by atoms with van der Waals surface area (Å²) >= 11 is 0. The molecule has 0 N–H and O–H groups in total. The molecule has 2 rings (SSSR count). The van der Waals surface area contributed by atoms with Gasteiger partial charge in [0.05, 0.1) is 11.5 Å². The number of benzene rings is 2. The first kappa shape index (κ1) is 18.6. The van der Waals surface area contributed by atoms with Crippen LogP contribution in [0, 0.1) is 16.0 Å². The van der Waals surface area contributed by atoms with Crippen molar-refractivity contribution in [3.63, 3.8) is 0 Å². The van der Waals surface area contributed by atoms with Crippen LogP contribution >= 0.6 is 0 Å². The number of hydrogen-bond acceptors (Lipinski definition) is 3. The van der Waals surface area contributed by atoms with Crippen LogP contribution in [0.25, 0.3) is 0 Å². The van der Waals surface area contributed by atoms with Crippen molar-refractivity contribution in [3.05, 3.63) is 81.4 Å². The van der Waals surface area contributed by atoms with Crippen LogP contribution < -0.4 is 0 Å². The number of hydrogen-bond donors (Lipinski definition) is 0. The zero-order valence-electron chi connectivity index (χ0n) is 13.1. The molecular formula is C18H16F3NO3. The van der Waals surface area contributed by atoms with Crippen LogP contribution in [0.15, 0.2) is 54.6 Å². The number of carbonyl (C=O) groups excluding carboxylic acids is 1. The van der Waals surface area contributed by atoms with Gasteiger partial charge in [0.15, 0.2) is 0 Å². The maximum Gasteiger partial charge on any atom is 0.416 e. The summed E-state index contributed by atoms with van der Waals surface area (Å²) in [6.45, 7) is -0.747. The molecule has 0 aromatic heterocycles. The van der Waals surface area contributed by atoms with Crippen molar-refractivity contribution in [1.82, 2.24) is 0 Å². The summed E-state index contributed by atoms with van der Waals surface area (Å²) in [5.74, 6) is -2.10. The molecule has 25 heavy (non-hydrogen) atoms. The number of halogens is 3. The van der Waals surface area contributed by atoms with E-state index in [-0.39, 0.29) is 12.0 Å². The molecule has 0 aliphatic carbocycles. The van der Waals surface area contributed by atoms with E-state index < -0.39 is 35.0 Å². The summed E-state index contributed by atoms with van der Waals surface area (Å²) in [6, 6.07) is 13.4. The second-order valence-electron chi connectivity index (χ2n) is 5.70. The lowest BCUT2D eigenvalue weighted by molar-refractivity contribution is -0.484. The minimum atomic E-state index is -4.65. The Labute approximate surface area is 142 Å². The Morgan fingerprint density at radius 2 is 1.64 bits per heavy atom. The number of aldehydes is 1. The molecule has 0 spiro atoms. The Kier molecular flexibility index (Phi) is 5.90. The molecule has 0 aliphatic rings. The molecule has 0 fully saturated rings. The molecule has 0 radical (unpaired) electrons. The first-order valence-electron chi connectivity index (χ1n) is 7.60. The Balaban J connectivity index is 2.45. The number of rotatable bonds is 7. The van der Waals surface area contributed by atoms with Gasteiger partial charge in [-0.05, 0) is 23.6 Å². The third-order valence-electron chi connectivity index (χ3n) is 4.02. The minimum Gasteiger partial charge on any atom is -0.303 e. The van der Waals surface area contributed by atoms with E-state index in [2.05, 4.69) is 0 Å². The molecule has 0 saturated carbocycles. The first-order valence-corrected chi connectivity index (χ1v) is 7.60. The zero-order chi connectivity index (χ0) is 18.4. The van der Waals surface area contributed by atoms with E-state index in [1.54, 1.807) is 30.3 Å². The monoisotopic (exact) mass is 351 g/mol. The fourth-order valence-electron chi connectivity index (χ4n) is 2.87. The number of alkyl halides is 3. The predicted molar refractivity (Wildman–Crippen MR) is 85.7 cm³/mol. The molecular weight excluding hydrogens is 335 g/mol. The van der Waals surface area contributed by atoms with Gasteiger partial charge in [0, 0.05) is 10.8 Å². The van der Waals surface area contributed by atoms with Gasteiger partial charge in [-0.1, -0.05) is 48.5 Å². The van der Waals surface area contributed by atoms with Crippen LogP contribution in [0.1, 0.15) is 22.6 Å². The Hall–Kier alpha value is -2.70. The third kappa shape index (κ3) is 4.89. The topological polar surface area (TPSA) is 60.2 Å². The van der Waals surface area contributed by atoms with Crippen LogP contribution in [-0.4, -0.2) is 17.8 Å². The van der Waals surface area contributed by atoms with Crippen LogP contribution in [0.5, 0.6) is 0 Å². The lowest BCUT2D eigenvalue weighted by Crippen LogP contribution is -2.26. The average molecular weight is 351 g/mol. The van der Waals surface area contributed by atoms with E-state index in [1.807, 2.05) is 0 Å². The molecule has 0 aliphatic heterocycles. The fourth-order valence-corrected chi connectivity index (χ4v) is 2.87. The number of nitrogens with zero attached hydrogens (tertiary/aromatic N) is 1. The minimum absolute atomic E-state index is 0.134. The molecule has 2 atom stereocenters. The molecule has 0 unspecified atom stereocenters. The van der Waals surface area contributed by atoms with E-state index in [0.717, 1.165) is 11.6 Å². The van der Waals surface area contributed by atoms with Crippen molar-refractivity contribution in [3.8, 4) is 0 Å². The van der Waals surface area contributed by atoms with Gasteiger partial charge in [-0.25, -0.2) is 0 Å². The fraction of sp³-hybridized carbons (Fsp3) is 0.278. The number of carbonyl (C=O) groups is 1. The van der Waals surface area contributed by atoms with Crippen LogP contribution in [0.2, 0.25) is 0 Å². The van der Waals surface area contributed by atoms with E-state index in [9.17, 15) is 28.1 Å². The molecule has 2 aromatic carbocycles. The first-order chi connectivity index (χ1) is 11.8. The van der Waals surface area contributed by atoms with Gasteiger partial charge in [0.25, 0.3) is 0 Å². The van der Waals surface area contributed by atoms with Crippen LogP contribution in [0.3, 0.4) is 0 Å². The Bertz CT molecular complexity index is 732. The van der Waals surface area contributed by atoms with Gasteiger partial charge in [0.2, 0.25) is 6.54 Å². The summed E-state index contributed by atoms with van der Waals surface area (Å²) in [6.07, 6.45) is -4.00. The van der Waals surface area contributed by atoms with Crippen LogP contribution in [0.4, 0.5) is 13.2 Å². The lowest BCUT2D eigenvalue weighted by Gasteiger charge is -2.23. The molecule has 132 valence electrons. The third-order valence-corrected chi connectivity index (χ3v) is 4.02. The summed E-state index contributed by atoms with van der Waals surface area (Å²) in [7, 11) is 0. The average Bonchev–Trinajstić information content (AvgIpc) is 2.58. The molecule has 0 bridgehead atoms. The molecule has 2 aromatic rings. The van der Waals surface area contributed by atoms with Crippen molar-refractivity contribution in [2.45, 2.75) is 18.5 Å². The maximum absolute atomic E-state index is 13.3. The van der Waals surface area contributed by atoms with Crippen molar-refractivity contribution in [1.29, 1.82) is 0 Å². The summed E-state index contributed by atoms with van der Waals surface area (Å²) in [4.78, 5) is 21.9. The normalized spacial score (nSPS) is 13.9. The van der Waals surface area contributed by atoms with Gasteiger partial charge in [-0.2, -0.15) is 13.2 Å². The quantitative estimate of drug-likeness (QED) is 0.428. The highest BCUT2D eigenvalue weighted by Gasteiger charge is 2.38. The molecule has 0 amide bonds. The molecule has 0 heterocycles. The van der Waals surface area contributed by atoms with E-state index in [1.165, 1.54) is 18.2 Å². The lowest BCUT2D eigenvalue weighted by atomic mass is 9.81. The smallest absolute Gasteiger partial charge is 0.303 e. The largest absolute Gasteiger partial charge is 0.416 e. The molecule has 7 heteroatoms. The second kappa shape index (κ2) is 7.92. The van der Waals surface area contributed by atoms with E-state index in [0.29, 0.717) is 6.29 Å². The molecule has 4 nitrogen and oxygen atoms in total. The van der Waals surface area contributed by atoms with Crippen molar-refractivity contribution in [2.24, 2.45) is 5.92 Å². The van der Waals surface area contributed by atoms with E-state index in [4.69, 9.17) is 0 Å². The summed E-state index contributed by atoms with van der Waals surface area (Å²) < 4.78 is 39.8.